The predicted octanol–water partition coefficient (Wildman–Crippen LogP) is 3.14. The van der Waals surface area contributed by atoms with Crippen LogP contribution >= 0.6 is 0 Å². The Morgan fingerprint density at radius 2 is 1.58 bits per heavy atom. The van der Waals surface area contributed by atoms with Crippen LogP contribution in [-0.4, -0.2) is 29.9 Å². The minimum Gasteiger partial charge on any atom is -0.372 e. The molecule has 6 nitrogen and oxygen atoms in total. The fraction of sp³-hybridized carbons (Fsp3) is 0.278. The van der Waals surface area contributed by atoms with Crippen LogP contribution in [-0.2, 0) is 4.79 Å². The number of amides is 2. The molecular formula is C18H22N4O2. The van der Waals surface area contributed by atoms with Gasteiger partial charge in [-0.15, -0.1) is 0 Å². The van der Waals surface area contributed by atoms with Gasteiger partial charge in [0.15, 0.2) is 0 Å². The van der Waals surface area contributed by atoms with Crippen LogP contribution in [0.15, 0.2) is 42.6 Å². The normalized spacial score (nSPS) is 10.1. The van der Waals surface area contributed by atoms with Gasteiger partial charge in [-0.05, 0) is 50.2 Å². The Bertz CT molecular complexity index is 709. The molecule has 1 aromatic carbocycles. The number of hydrogen-bond acceptors (Lipinski definition) is 4. The van der Waals surface area contributed by atoms with Gasteiger partial charge in [-0.1, -0.05) is 0 Å². The van der Waals surface area contributed by atoms with Crippen LogP contribution in [0.2, 0.25) is 0 Å². The topological polar surface area (TPSA) is 74.3 Å². The summed E-state index contributed by atoms with van der Waals surface area (Å²) < 4.78 is 0. The minimum absolute atomic E-state index is 0.135. The molecule has 0 bridgehead atoms. The molecule has 1 heterocycles. The highest BCUT2D eigenvalue weighted by Gasteiger charge is 2.10. The molecule has 24 heavy (non-hydrogen) atoms. The highest BCUT2D eigenvalue weighted by molar-refractivity contribution is 6.03. The number of rotatable bonds is 6. The zero-order valence-electron chi connectivity index (χ0n) is 14.2. The van der Waals surface area contributed by atoms with Crippen molar-refractivity contribution in [3.8, 4) is 0 Å². The Kier molecular flexibility index (Phi) is 5.89. The summed E-state index contributed by atoms with van der Waals surface area (Å²) in [7, 11) is 0. The van der Waals surface area contributed by atoms with Gasteiger partial charge >= 0.3 is 0 Å². The van der Waals surface area contributed by atoms with E-state index in [1.165, 1.54) is 6.92 Å². The van der Waals surface area contributed by atoms with Crippen molar-refractivity contribution in [2.24, 2.45) is 0 Å². The van der Waals surface area contributed by atoms with Gasteiger partial charge in [-0.3, -0.25) is 14.6 Å². The number of nitrogens with zero attached hydrogens (tertiary/aromatic N) is 2. The van der Waals surface area contributed by atoms with Crippen molar-refractivity contribution < 1.29 is 9.59 Å². The summed E-state index contributed by atoms with van der Waals surface area (Å²) >= 11 is 0. The molecule has 0 saturated heterocycles. The van der Waals surface area contributed by atoms with Gasteiger partial charge in [0.1, 0.15) is 5.69 Å². The van der Waals surface area contributed by atoms with E-state index in [9.17, 15) is 9.59 Å². The van der Waals surface area contributed by atoms with Gasteiger partial charge in [0.05, 0.1) is 0 Å². The van der Waals surface area contributed by atoms with E-state index in [4.69, 9.17) is 0 Å². The second-order valence-corrected chi connectivity index (χ2v) is 5.28. The van der Waals surface area contributed by atoms with Crippen LogP contribution in [0.1, 0.15) is 31.3 Å². The molecule has 2 N–H and O–H groups in total. The minimum atomic E-state index is -0.267. The second-order valence-electron chi connectivity index (χ2n) is 5.28. The van der Waals surface area contributed by atoms with Crippen molar-refractivity contribution in [3.63, 3.8) is 0 Å². The van der Waals surface area contributed by atoms with Gasteiger partial charge in [0.2, 0.25) is 5.91 Å². The van der Waals surface area contributed by atoms with Crippen LogP contribution < -0.4 is 15.5 Å². The number of pyridine rings is 1. The molecule has 0 atom stereocenters. The maximum atomic E-state index is 12.4. The van der Waals surface area contributed by atoms with Crippen LogP contribution in [0.5, 0.6) is 0 Å². The number of nitrogens with one attached hydrogen (secondary N) is 2. The van der Waals surface area contributed by atoms with Crippen molar-refractivity contribution in [1.29, 1.82) is 0 Å². The summed E-state index contributed by atoms with van der Waals surface area (Å²) in [5.74, 6) is -0.402. The summed E-state index contributed by atoms with van der Waals surface area (Å²) in [6.45, 7) is 7.32. The van der Waals surface area contributed by atoms with Crippen molar-refractivity contribution in [2.75, 3.05) is 28.6 Å². The number of carbonyl (C=O) groups is 2. The molecule has 2 aromatic rings. The molecule has 1 aromatic heterocycles. The summed E-state index contributed by atoms with van der Waals surface area (Å²) in [5.41, 5.74) is 2.66. The summed E-state index contributed by atoms with van der Waals surface area (Å²) in [4.78, 5) is 29.7. The highest BCUT2D eigenvalue weighted by Crippen LogP contribution is 2.17. The molecule has 2 rings (SSSR count). The Balaban J connectivity index is 2.09. The third kappa shape index (κ3) is 4.55. The average Bonchev–Trinajstić information content (AvgIpc) is 2.57. The third-order valence-electron chi connectivity index (χ3n) is 3.57. The zero-order valence-corrected chi connectivity index (χ0v) is 14.2. The molecule has 2 amide bonds. The van der Waals surface area contributed by atoms with Gasteiger partial charge in [-0.2, -0.15) is 0 Å². The first-order valence-electron chi connectivity index (χ1n) is 7.93. The lowest BCUT2D eigenvalue weighted by Crippen LogP contribution is -2.23. The molecule has 126 valence electrons. The predicted molar refractivity (Wildman–Crippen MR) is 96.5 cm³/mol. The highest BCUT2D eigenvalue weighted by atomic mass is 16.2. The average molecular weight is 326 g/mol. The monoisotopic (exact) mass is 326 g/mol. The Hall–Kier alpha value is -2.89. The Morgan fingerprint density at radius 3 is 2.12 bits per heavy atom. The molecule has 0 spiro atoms. The van der Waals surface area contributed by atoms with Gasteiger partial charge in [-0.25, -0.2) is 0 Å². The summed E-state index contributed by atoms with van der Waals surface area (Å²) in [6.07, 6.45) is 1.64. The van der Waals surface area contributed by atoms with Crippen LogP contribution in [0, 0.1) is 0 Å². The fourth-order valence-corrected chi connectivity index (χ4v) is 2.36. The Morgan fingerprint density at radius 1 is 1.00 bits per heavy atom. The molecule has 0 saturated carbocycles. The molecule has 0 unspecified atom stereocenters. The molecular weight excluding hydrogens is 304 g/mol. The standard InChI is InChI=1S/C18H22N4O2/c1-4-22(5-2)16-10-11-19-17(12-16)18(24)21-15-8-6-14(7-9-15)20-13(3)23/h6-12H,4-5H2,1-3H3,(H,20,23)(H,21,24). The van der Waals surface area contributed by atoms with E-state index in [2.05, 4.69) is 34.4 Å². The SMILES string of the molecule is CCN(CC)c1ccnc(C(=O)Nc2ccc(NC(C)=O)cc2)c1. The maximum Gasteiger partial charge on any atom is 0.274 e. The summed E-state index contributed by atoms with van der Waals surface area (Å²) in [5, 5.41) is 5.49. The molecule has 0 radical (unpaired) electrons. The molecule has 6 heteroatoms. The van der Waals surface area contributed by atoms with E-state index in [0.29, 0.717) is 17.1 Å². The smallest absolute Gasteiger partial charge is 0.274 e. The number of carbonyl (C=O) groups excluding carboxylic acids is 2. The van der Waals surface area contributed by atoms with E-state index in [-0.39, 0.29) is 11.8 Å². The molecule has 0 fully saturated rings. The van der Waals surface area contributed by atoms with E-state index in [1.807, 2.05) is 6.07 Å². The quantitative estimate of drug-likeness (QED) is 0.855. The van der Waals surface area contributed by atoms with E-state index in [0.717, 1.165) is 18.8 Å². The van der Waals surface area contributed by atoms with E-state index in [1.54, 1.807) is 36.5 Å². The van der Waals surface area contributed by atoms with Crippen LogP contribution in [0.4, 0.5) is 17.1 Å². The van der Waals surface area contributed by atoms with Crippen LogP contribution in [0.25, 0.3) is 0 Å². The Labute approximate surface area is 141 Å². The lowest BCUT2D eigenvalue weighted by molar-refractivity contribution is -0.114. The molecule has 0 aliphatic carbocycles. The first-order chi connectivity index (χ1) is 11.5. The molecule has 0 aliphatic heterocycles. The van der Waals surface area contributed by atoms with Crippen molar-refractivity contribution >= 4 is 28.9 Å². The maximum absolute atomic E-state index is 12.4. The lowest BCUT2D eigenvalue weighted by atomic mass is 10.2. The fourth-order valence-electron chi connectivity index (χ4n) is 2.36. The van der Waals surface area contributed by atoms with Crippen molar-refractivity contribution in [2.45, 2.75) is 20.8 Å². The lowest BCUT2D eigenvalue weighted by Gasteiger charge is -2.21. The van der Waals surface area contributed by atoms with Crippen LogP contribution in [0.3, 0.4) is 0 Å². The van der Waals surface area contributed by atoms with Crippen molar-refractivity contribution in [1.82, 2.24) is 4.98 Å². The number of hydrogen-bond donors (Lipinski definition) is 2. The van der Waals surface area contributed by atoms with Gasteiger partial charge in [0, 0.05) is 43.3 Å². The summed E-state index contributed by atoms with van der Waals surface area (Å²) in [6, 6.07) is 10.6. The largest absolute Gasteiger partial charge is 0.372 e. The van der Waals surface area contributed by atoms with Gasteiger partial charge in [0.25, 0.3) is 5.91 Å². The second kappa shape index (κ2) is 8.10. The zero-order chi connectivity index (χ0) is 17.5. The first-order valence-corrected chi connectivity index (χ1v) is 7.93. The van der Waals surface area contributed by atoms with Gasteiger partial charge < -0.3 is 15.5 Å². The molecule has 0 aliphatic rings. The number of anilines is 3. The number of benzene rings is 1. The van der Waals surface area contributed by atoms with E-state index >= 15 is 0 Å². The third-order valence-corrected chi connectivity index (χ3v) is 3.57. The number of aromatic nitrogens is 1. The first kappa shape index (κ1) is 17.5. The van der Waals surface area contributed by atoms with Crippen molar-refractivity contribution in [3.05, 3.63) is 48.3 Å². The van der Waals surface area contributed by atoms with E-state index < -0.39 is 0 Å².